The van der Waals surface area contributed by atoms with Gasteiger partial charge < -0.3 is 14.5 Å². The second-order valence-electron chi connectivity index (χ2n) is 7.94. The van der Waals surface area contributed by atoms with Gasteiger partial charge >= 0.3 is 0 Å². The molecule has 1 unspecified atom stereocenters. The number of anilines is 1. The number of morpholine rings is 1. The Morgan fingerprint density at radius 2 is 1.93 bits per heavy atom. The predicted octanol–water partition coefficient (Wildman–Crippen LogP) is 2.81. The van der Waals surface area contributed by atoms with Crippen molar-refractivity contribution in [3.05, 3.63) is 41.1 Å². The molecule has 5 rings (SSSR count). The van der Waals surface area contributed by atoms with Gasteiger partial charge in [-0.15, -0.1) is 0 Å². The highest BCUT2D eigenvalue weighted by Gasteiger charge is 2.26. The Balaban J connectivity index is 1.40. The second-order valence-corrected chi connectivity index (χ2v) is 8.72. The minimum absolute atomic E-state index is 0.213. The molecular weight excluding hydrogens is 382 g/mol. The lowest BCUT2D eigenvalue weighted by Gasteiger charge is -2.39. The molecule has 0 radical (unpaired) electrons. The number of rotatable bonds is 4. The molecule has 29 heavy (non-hydrogen) atoms. The Bertz CT molecular complexity index is 955. The van der Waals surface area contributed by atoms with Crippen molar-refractivity contribution < 1.29 is 4.74 Å². The van der Waals surface area contributed by atoms with Gasteiger partial charge in [-0.1, -0.05) is 12.1 Å². The topological polar surface area (TPSA) is 44.7 Å². The Kier molecular flexibility index (Phi) is 5.46. The first-order valence-corrected chi connectivity index (χ1v) is 11.3. The van der Waals surface area contributed by atoms with Crippen LogP contribution >= 0.6 is 11.3 Å². The van der Waals surface area contributed by atoms with Gasteiger partial charge in [0.25, 0.3) is 0 Å². The molecule has 152 valence electrons. The maximum atomic E-state index is 6.14. The zero-order valence-corrected chi connectivity index (χ0v) is 17.6. The van der Waals surface area contributed by atoms with Crippen molar-refractivity contribution in [2.24, 2.45) is 0 Å². The molecule has 3 aromatic rings. The molecule has 2 saturated heterocycles. The Labute approximate surface area is 175 Å². The van der Waals surface area contributed by atoms with Crippen LogP contribution in [-0.4, -0.2) is 85.3 Å². The lowest BCUT2D eigenvalue weighted by Crippen LogP contribution is -2.52. The van der Waals surface area contributed by atoms with Crippen LogP contribution in [0.3, 0.4) is 0 Å². The summed E-state index contributed by atoms with van der Waals surface area (Å²) in [5, 5.41) is 5.31. The van der Waals surface area contributed by atoms with Crippen molar-refractivity contribution in [2.45, 2.75) is 6.10 Å². The number of ether oxygens (including phenoxy) is 1. The third kappa shape index (κ3) is 4.14. The maximum Gasteiger partial charge on any atom is 0.162 e. The number of nitrogens with zero attached hydrogens (tertiary/aromatic N) is 5. The van der Waals surface area contributed by atoms with Crippen LogP contribution in [0.1, 0.15) is 0 Å². The number of fused-ring (bicyclic) bond motifs is 1. The third-order valence-corrected chi connectivity index (χ3v) is 6.54. The average Bonchev–Trinajstić information content (AvgIpc) is 3.30. The Morgan fingerprint density at radius 1 is 1.07 bits per heavy atom. The summed E-state index contributed by atoms with van der Waals surface area (Å²) >= 11 is 1.68. The van der Waals surface area contributed by atoms with E-state index in [-0.39, 0.29) is 6.10 Å². The molecule has 2 aromatic heterocycles. The summed E-state index contributed by atoms with van der Waals surface area (Å²) in [6, 6.07) is 10.4. The van der Waals surface area contributed by atoms with Gasteiger partial charge in [-0.2, -0.15) is 11.3 Å². The average molecular weight is 410 g/mol. The summed E-state index contributed by atoms with van der Waals surface area (Å²) in [4.78, 5) is 17.1. The van der Waals surface area contributed by atoms with Crippen molar-refractivity contribution in [3.8, 4) is 11.4 Å². The summed E-state index contributed by atoms with van der Waals surface area (Å²) in [7, 11) is 2.20. The van der Waals surface area contributed by atoms with E-state index in [1.807, 2.05) is 6.07 Å². The van der Waals surface area contributed by atoms with E-state index in [4.69, 9.17) is 14.7 Å². The SMILES string of the molecule is CN1CCN(CC2CN(c3nc(-c4ccsc4)nc4ccccc34)CCO2)CC1. The lowest BCUT2D eigenvalue weighted by atomic mass is 10.1. The highest BCUT2D eigenvalue weighted by molar-refractivity contribution is 7.08. The molecule has 7 heteroatoms. The number of benzene rings is 1. The van der Waals surface area contributed by atoms with Crippen molar-refractivity contribution in [2.75, 3.05) is 64.4 Å². The summed E-state index contributed by atoms with van der Waals surface area (Å²) in [5.74, 6) is 1.84. The molecule has 2 aliphatic heterocycles. The number of piperazine rings is 1. The van der Waals surface area contributed by atoms with Crippen LogP contribution in [0, 0.1) is 0 Å². The van der Waals surface area contributed by atoms with Crippen LogP contribution in [-0.2, 0) is 4.74 Å². The van der Waals surface area contributed by atoms with E-state index in [0.717, 1.165) is 80.5 Å². The summed E-state index contributed by atoms with van der Waals surface area (Å²) in [5.41, 5.74) is 2.09. The molecule has 4 heterocycles. The number of hydrogen-bond acceptors (Lipinski definition) is 7. The van der Waals surface area contributed by atoms with E-state index in [2.05, 4.69) is 56.8 Å². The first kappa shape index (κ1) is 18.9. The van der Waals surface area contributed by atoms with E-state index in [9.17, 15) is 0 Å². The van der Waals surface area contributed by atoms with Crippen molar-refractivity contribution in [1.82, 2.24) is 19.8 Å². The number of para-hydroxylation sites is 1. The molecule has 0 amide bonds. The van der Waals surface area contributed by atoms with Gasteiger partial charge in [-0.05, 0) is 30.6 Å². The Hall–Kier alpha value is -2.06. The van der Waals surface area contributed by atoms with E-state index in [1.54, 1.807) is 11.3 Å². The van der Waals surface area contributed by atoms with E-state index in [1.165, 1.54) is 0 Å². The molecule has 2 aliphatic rings. The zero-order chi connectivity index (χ0) is 19.6. The molecule has 1 aromatic carbocycles. The molecule has 2 fully saturated rings. The van der Waals surface area contributed by atoms with Crippen LogP contribution in [0.25, 0.3) is 22.3 Å². The van der Waals surface area contributed by atoms with Gasteiger partial charge in [0.05, 0.1) is 18.2 Å². The molecule has 0 bridgehead atoms. The first-order chi connectivity index (χ1) is 14.3. The number of aromatic nitrogens is 2. The normalized spacial score (nSPS) is 21.7. The van der Waals surface area contributed by atoms with Gasteiger partial charge in [0.1, 0.15) is 5.82 Å². The highest BCUT2D eigenvalue weighted by Crippen LogP contribution is 2.29. The van der Waals surface area contributed by atoms with Crippen molar-refractivity contribution >= 4 is 28.1 Å². The van der Waals surface area contributed by atoms with Crippen LogP contribution in [0.5, 0.6) is 0 Å². The maximum absolute atomic E-state index is 6.14. The fourth-order valence-electron chi connectivity index (χ4n) is 4.16. The first-order valence-electron chi connectivity index (χ1n) is 10.3. The molecule has 1 atom stereocenters. The predicted molar refractivity (Wildman–Crippen MR) is 119 cm³/mol. The van der Waals surface area contributed by atoms with Crippen molar-refractivity contribution in [1.29, 1.82) is 0 Å². The number of likely N-dealkylation sites (N-methyl/N-ethyl adjacent to an activating group) is 1. The summed E-state index contributed by atoms with van der Waals surface area (Å²) < 4.78 is 6.14. The van der Waals surface area contributed by atoms with E-state index in [0.29, 0.717) is 0 Å². The van der Waals surface area contributed by atoms with Gasteiger partial charge in [0.2, 0.25) is 0 Å². The molecular formula is C22H27N5OS. The molecule has 0 saturated carbocycles. The van der Waals surface area contributed by atoms with E-state index < -0.39 is 0 Å². The monoisotopic (exact) mass is 409 g/mol. The van der Waals surface area contributed by atoms with Crippen LogP contribution in [0.2, 0.25) is 0 Å². The van der Waals surface area contributed by atoms with Crippen LogP contribution in [0.4, 0.5) is 5.82 Å². The fraction of sp³-hybridized carbons (Fsp3) is 0.455. The van der Waals surface area contributed by atoms with Gasteiger partial charge in [0.15, 0.2) is 5.82 Å². The molecule has 0 spiro atoms. The minimum atomic E-state index is 0.213. The van der Waals surface area contributed by atoms with Gasteiger partial charge in [0, 0.05) is 62.1 Å². The van der Waals surface area contributed by atoms with Gasteiger partial charge in [-0.3, -0.25) is 4.90 Å². The third-order valence-electron chi connectivity index (χ3n) is 5.86. The Morgan fingerprint density at radius 3 is 2.76 bits per heavy atom. The number of thiophene rings is 1. The molecule has 6 nitrogen and oxygen atoms in total. The largest absolute Gasteiger partial charge is 0.373 e. The standard InChI is InChI=1S/C22H27N5OS/c1-25-7-9-26(10-8-25)14-18-15-27(11-12-28-18)22-19-4-2-3-5-20(19)23-21(24-22)17-6-13-29-16-17/h2-6,13,16,18H,7-12,14-15H2,1H3. The summed E-state index contributed by atoms with van der Waals surface area (Å²) in [6.07, 6.45) is 0.213. The van der Waals surface area contributed by atoms with Gasteiger partial charge in [-0.25, -0.2) is 9.97 Å². The smallest absolute Gasteiger partial charge is 0.162 e. The fourth-order valence-corrected chi connectivity index (χ4v) is 4.80. The lowest BCUT2D eigenvalue weighted by molar-refractivity contribution is 0.00669. The summed E-state index contributed by atoms with van der Waals surface area (Å²) in [6.45, 7) is 7.98. The molecule has 0 aliphatic carbocycles. The highest BCUT2D eigenvalue weighted by atomic mass is 32.1. The number of hydrogen-bond donors (Lipinski definition) is 0. The van der Waals surface area contributed by atoms with Crippen LogP contribution < -0.4 is 4.90 Å². The van der Waals surface area contributed by atoms with Crippen LogP contribution in [0.15, 0.2) is 41.1 Å². The zero-order valence-electron chi connectivity index (χ0n) is 16.8. The van der Waals surface area contributed by atoms with E-state index >= 15 is 0 Å². The quantitative estimate of drug-likeness (QED) is 0.660. The van der Waals surface area contributed by atoms with Crippen molar-refractivity contribution in [3.63, 3.8) is 0 Å². The molecule has 0 N–H and O–H groups in total. The second kappa shape index (κ2) is 8.36. The minimum Gasteiger partial charge on any atom is -0.373 e.